The maximum atomic E-state index is 11.8. The second-order valence-corrected chi connectivity index (χ2v) is 5.95. The van der Waals surface area contributed by atoms with Gasteiger partial charge in [-0.15, -0.1) is 0 Å². The van der Waals surface area contributed by atoms with Crippen LogP contribution in [0.2, 0.25) is 5.02 Å². The van der Waals surface area contributed by atoms with Crippen LogP contribution in [0.4, 0.5) is 5.69 Å². The molecule has 0 aliphatic carbocycles. The highest BCUT2D eigenvalue weighted by Crippen LogP contribution is 2.20. The van der Waals surface area contributed by atoms with Gasteiger partial charge in [-0.05, 0) is 47.2 Å². The number of benzene rings is 3. The average molecular weight is 370 g/mol. The lowest BCUT2D eigenvalue weighted by Crippen LogP contribution is -2.23. The summed E-state index contributed by atoms with van der Waals surface area (Å²) in [6.07, 6.45) is 0. The molecule has 1 amide bonds. The summed E-state index contributed by atoms with van der Waals surface area (Å²) in [4.78, 5) is 23.5. The Kier molecular flexibility index (Phi) is 5.71. The van der Waals surface area contributed by atoms with Gasteiger partial charge in [-0.2, -0.15) is 0 Å². The molecule has 0 saturated heterocycles. The topological polar surface area (TPSA) is 64.6 Å². The van der Waals surface area contributed by atoms with Gasteiger partial charge in [0.25, 0.3) is 5.91 Å². The largest absolute Gasteiger partial charge is 0.482 e. The second-order valence-electron chi connectivity index (χ2n) is 5.51. The molecule has 0 aliphatic heterocycles. The minimum Gasteiger partial charge on any atom is -0.482 e. The molecule has 6 heteroatoms. The van der Waals surface area contributed by atoms with Gasteiger partial charge in [-0.3, -0.25) is 4.79 Å². The summed E-state index contributed by atoms with van der Waals surface area (Å²) in [5.74, 6) is -0.498. The number of carbonyl (C=O) groups is 2. The van der Waals surface area contributed by atoms with Crippen molar-refractivity contribution in [2.75, 3.05) is 18.5 Å². The summed E-state index contributed by atoms with van der Waals surface area (Å²) < 4.78 is 10.3. The van der Waals surface area contributed by atoms with Gasteiger partial charge in [0.05, 0.1) is 0 Å². The number of hydrogen-bond acceptors (Lipinski definition) is 4. The van der Waals surface area contributed by atoms with Crippen LogP contribution in [0, 0.1) is 0 Å². The third kappa shape index (κ3) is 4.97. The van der Waals surface area contributed by atoms with Gasteiger partial charge >= 0.3 is 5.97 Å². The maximum absolute atomic E-state index is 11.8. The van der Waals surface area contributed by atoms with Crippen molar-refractivity contribution in [1.29, 1.82) is 0 Å². The van der Waals surface area contributed by atoms with Gasteiger partial charge in [0.2, 0.25) is 0 Å². The lowest BCUT2D eigenvalue weighted by molar-refractivity contribution is -0.149. The summed E-state index contributed by atoms with van der Waals surface area (Å²) in [6.45, 7) is -0.658. The minimum absolute atomic E-state index is 0.271. The van der Waals surface area contributed by atoms with E-state index in [1.165, 1.54) is 0 Å². The third-order valence-corrected chi connectivity index (χ3v) is 3.82. The molecule has 0 fully saturated rings. The molecule has 0 bridgehead atoms. The first-order valence-corrected chi connectivity index (χ1v) is 8.30. The van der Waals surface area contributed by atoms with Gasteiger partial charge in [0.15, 0.2) is 13.2 Å². The number of amides is 1. The second kappa shape index (κ2) is 8.36. The molecule has 0 atom stereocenters. The highest BCUT2D eigenvalue weighted by molar-refractivity contribution is 6.30. The van der Waals surface area contributed by atoms with Crippen molar-refractivity contribution in [2.24, 2.45) is 0 Å². The molecule has 0 heterocycles. The predicted molar refractivity (Wildman–Crippen MR) is 100 cm³/mol. The summed E-state index contributed by atoms with van der Waals surface area (Å²) in [5.41, 5.74) is 0.572. The number of anilines is 1. The third-order valence-electron chi connectivity index (χ3n) is 3.57. The average Bonchev–Trinajstić information content (AvgIpc) is 2.66. The van der Waals surface area contributed by atoms with E-state index in [4.69, 9.17) is 21.1 Å². The van der Waals surface area contributed by atoms with Crippen LogP contribution in [0.5, 0.6) is 5.75 Å². The number of rotatable bonds is 6. The van der Waals surface area contributed by atoms with Crippen LogP contribution >= 0.6 is 11.6 Å². The summed E-state index contributed by atoms with van der Waals surface area (Å²) in [7, 11) is 0. The number of nitrogens with one attached hydrogen (secondary N) is 1. The molecule has 0 saturated carbocycles. The van der Waals surface area contributed by atoms with E-state index < -0.39 is 11.9 Å². The summed E-state index contributed by atoms with van der Waals surface area (Å²) in [6, 6.07) is 20.0. The molecule has 0 unspecified atom stereocenters. The van der Waals surface area contributed by atoms with Gasteiger partial charge in [0, 0.05) is 10.7 Å². The Morgan fingerprint density at radius 1 is 0.885 bits per heavy atom. The Morgan fingerprint density at radius 3 is 2.38 bits per heavy atom. The van der Waals surface area contributed by atoms with E-state index in [9.17, 15) is 9.59 Å². The monoisotopic (exact) mass is 369 g/mol. The van der Waals surface area contributed by atoms with Crippen LogP contribution in [-0.4, -0.2) is 25.1 Å². The first-order valence-electron chi connectivity index (χ1n) is 7.93. The van der Waals surface area contributed by atoms with Crippen molar-refractivity contribution in [3.8, 4) is 5.75 Å². The molecule has 0 aromatic heterocycles. The van der Waals surface area contributed by atoms with Crippen LogP contribution in [-0.2, 0) is 14.3 Å². The SMILES string of the molecule is O=C(COC(=O)COc1ccc2ccccc2c1)Nc1ccc(Cl)cc1. The van der Waals surface area contributed by atoms with Gasteiger partial charge < -0.3 is 14.8 Å². The first-order chi connectivity index (χ1) is 12.6. The van der Waals surface area contributed by atoms with Crippen molar-refractivity contribution < 1.29 is 19.1 Å². The highest BCUT2D eigenvalue weighted by Gasteiger charge is 2.09. The minimum atomic E-state index is -0.621. The van der Waals surface area contributed by atoms with Crippen LogP contribution in [0.25, 0.3) is 10.8 Å². The van der Waals surface area contributed by atoms with E-state index in [0.717, 1.165) is 10.8 Å². The molecular weight excluding hydrogens is 354 g/mol. The zero-order chi connectivity index (χ0) is 18.4. The molecule has 5 nitrogen and oxygen atoms in total. The van der Waals surface area contributed by atoms with Crippen LogP contribution in [0.1, 0.15) is 0 Å². The van der Waals surface area contributed by atoms with Crippen molar-refractivity contribution in [1.82, 2.24) is 0 Å². The number of hydrogen-bond donors (Lipinski definition) is 1. The zero-order valence-corrected chi connectivity index (χ0v) is 14.5. The zero-order valence-electron chi connectivity index (χ0n) is 13.8. The Hall–Kier alpha value is -3.05. The molecule has 3 aromatic carbocycles. The standard InChI is InChI=1S/C20H16ClNO4/c21-16-6-8-17(9-7-16)22-19(23)12-26-20(24)13-25-18-10-5-14-3-1-2-4-15(14)11-18/h1-11H,12-13H2,(H,22,23). The molecule has 0 radical (unpaired) electrons. The van der Waals surface area contributed by atoms with Crippen molar-refractivity contribution in [3.05, 3.63) is 71.8 Å². The quantitative estimate of drug-likeness (QED) is 0.666. The normalized spacial score (nSPS) is 10.3. The molecular formula is C20H16ClNO4. The van der Waals surface area contributed by atoms with E-state index >= 15 is 0 Å². The van der Waals surface area contributed by atoms with Crippen molar-refractivity contribution >= 4 is 39.9 Å². The lowest BCUT2D eigenvalue weighted by Gasteiger charge is -2.08. The fourth-order valence-corrected chi connectivity index (χ4v) is 2.44. The Bertz CT molecular complexity index is 925. The van der Waals surface area contributed by atoms with E-state index in [-0.39, 0.29) is 13.2 Å². The van der Waals surface area contributed by atoms with E-state index in [1.54, 1.807) is 30.3 Å². The molecule has 132 valence electrons. The smallest absolute Gasteiger partial charge is 0.344 e. The molecule has 3 aromatic rings. The van der Waals surface area contributed by atoms with Crippen molar-refractivity contribution in [3.63, 3.8) is 0 Å². The molecule has 0 aliphatic rings. The van der Waals surface area contributed by atoms with Gasteiger partial charge in [-0.1, -0.05) is 41.9 Å². The first kappa shape index (κ1) is 17.8. The van der Waals surface area contributed by atoms with Gasteiger partial charge in [-0.25, -0.2) is 4.79 Å². The fraction of sp³-hybridized carbons (Fsp3) is 0.100. The molecule has 0 spiro atoms. The lowest BCUT2D eigenvalue weighted by atomic mass is 10.1. The van der Waals surface area contributed by atoms with Gasteiger partial charge in [0.1, 0.15) is 5.75 Å². The Balaban J connectivity index is 1.44. The summed E-state index contributed by atoms with van der Waals surface area (Å²) >= 11 is 5.77. The number of fused-ring (bicyclic) bond motifs is 1. The van der Waals surface area contributed by atoms with Crippen LogP contribution in [0.3, 0.4) is 0 Å². The molecule has 1 N–H and O–H groups in total. The number of carbonyl (C=O) groups excluding carboxylic acids is 2. The van der Waals surface area contributed by atoms with E-state index in [2.05, 4.69) is 5.32 Å². The number of ether oxygens (including phenoxy) is 2. The molecule has 3 rings (SSSR count). The van der Waals surface area contributed by atoms with Crippen molar-refractivity contribution in [2.45, 2.75) is 0 Å². The fourth-order valence-electron chi connectivity index (χ4n) is 2.32. The highest BCUT2D eigenvalue weighted by atomic mass is 35.5. The van der Waals surface area contributed by atoms with E-state index in [0.29, 0.717) is 16.5 Å². The number of esters is 1. The Labute approximate surface area is 155 Å². The number of halogens is 1. The van der Waals surface area contributed by atoms with Crippen LogP contribution < -0.4 is 10.1 Å². The van der Waals surface area contributed by atoms with E-state index in [1.807, 2.05) is 36.4 Å². The molecule has 26 heavy (non-hydrogen) atoms. The maximum Gasteiger partial charge on any atom is 0.344 e. The summed E-state index contributed by atoms with van der Waals surface area (Å²) in [5, 5.41) is 5.27. The van der Waals surface area contributed by atoms with Crippen LogP contribution in [0.15, 0.2) is 66.7 Å². The Morgan fingerprint density at radius 2 is 1.62 bits per heavy atom. The predicted octanol–water partition coefficient (Wildman–Crippen LogP) is 4.05.